The maximum Gasteiger partial charge on any atom is 0.356 e. The van der Waals surface area contributed by atoms with Crippen molar-refractivity contribution in [3.8, 4) is 0 Å². The topological polar surface area (TPSA) is 70.5 Å². The molecule has 0 saturated heterocycles. The molecular formula is C13H10N2O3S. The molecule has 0 bridgehead atoms. The van der Waals surface area contributed by atoms with Crippen molar-refractivity contribution in [2.75, 3.05) is 0 Å². The van der Waals surface area contributed by atoms with Gasteiger partial charge in [-0.3, -0.25) is 4.79 Å². The average molecular weight is 274 g/mol. The summed E-state index contributed by atoms with van der Waals surface area (Å²) in [6, 6.07) is 7.82. The first-order valence-electron chi connectivity index (χ1n) is 5.69. The maximum absolute atomic E-state index is 12.3. The van der Waals surface area contributed by atoms with Crippen molar-refractivity contribution in [1.82, 2.24) is 9.88 Å². The summed E-state index contributed by atoms with van der Waals surface area (Å²) in [7, 11) is 0. The molecule has 0 aliphatic carbocycles. The van der Waals surface area contributed by atoms with Crippen LogP contribution in [0.5, 0.6) is 0 Å². The molecule has 19 heavy (non-hydrogen) atoms. The Kier molecular flexibility index (Phi) is 2.79. The molecule has 6 heteroatoms. The van der Waals surface area contributed by atoms with Gasteiger partial charge < -0.3 is 10.0 Å². The smallest absolute Gasteiger partial charge is 0.356 e. The minimum Gasteiger partial charge on any atom is -0.476 e. The molecule has 0 spiro atoms. The number of hydrogen-bond donors (Lipinski definition) is 1. The van der Waals surface area contributed by atoms with Crippen LogP contribution in [0.1, 0.15) is 31.3 Å². The lowest BCUT2D eigenvalue weighted by Crippen LogP contribution is -2.26. The van der Waals surface area contributed by atoms with Crippen LogP contribution in [-0.2, 0) is 13.1 Å². The van der Waals surface area contributed by atoms with Gasteiger partial charge in [0.1, 0.15) is 4.88 Å². The van der Waals surface area contributed by atoms with Gasteiger partial charge in [-0.05, 0) is 11.1 Å². The van der Waals surface area contributed by atoms with E-state index < -0.39 is 5.97 Å². The van der Waals surface area contributed by atoms with Crippen LogP contribution in [0.25, 0.3) is 0 Å². The molecule has 0 atom stereocenters. The summed E-state index contributed by atoms with van der Waals surface area (Å²) in [5, 5.41) is 8.99. The highest BCUT2D eigenvalue weighted by Gasteiger charge is 2.28. The van der Waals surface area contributed by atoms with Crippen molar-refractivity contribution >= 4 is 23.2 Å². The Bertz CT molecular complexity index is 640. The number of nitrogens with zero attached hydrogens (tertiary/aromatic N) is 2. The largest absolute Gasteiger partial charge is 0.476 e. The molecular weight excluding hydrogens is 264 g/mol. The second-order valence-corrected chi connectivity index (χ2v) is 5.12. The molecule has 2 aromatic rings. The molecule has 3 rings (SSSR count). The number of carboxylic acids is 1. The van der Waals surface area contributed by atoms with Gasteiger partial charge in [0.2, 0.25) is 0 Å². The van der Waals surface area contributed by atoms with Crippen LogP contribution in [0.15, 0.2) is 29.8 Å². The summed E-state index contributed by atoms with van der Waals surface area (Å²) in [4.78, 5) is 28.9. The number of fused-ring (bicyclic) bond motifs is 1. The lowest BCUT2D eigenvalue weighted by atomic mass is 10.1. The van der Waals surface area contributed by atoms with Gasteiger partial charge in [0.15, 0.2) is 5.69 Å². The van der Waals surface area contributed by atoms with Crippen LogP contribution in [0.3, 0.4) is 0 Å². The van der Waals surface area contributed by atoms with Gasteiger partial charge in [0, 0.05) is 13.1 Å². The van der Waals surface area contributed by atoms with E-state index in [1.54, 1.807) is 4.90 Å². The number of benzene rings is 1. The molecule has 1 aliphatic rings. The van der Waals surface area contributed by atoms with E-state index in [0.29, 0.717) is 13.1 Å². The third-order valence-corrected chi connectivity index (χ3v) is 3.91. The molecule has 1 amide bonds. The minimum absolute atomic E-state index is 0.161. The van der Waals surface area contributed by atoms with E-state index >= 15 is 0 Å². The second-order valence-electron chi connectivity index (χ2n) is 4.27. The van der Waals surface area contributed by atoms with E-state index in [0.717, 1.165) is 22.5 Å². The Morgan fingerprint density at radius 1 is 1.21 bits per heavy atom. The van der Waals surface area contributed by atoms with E-state index in [4.69, 9.17) is 5.11 Å². The highest BCUT2D eigenvalue weighted by Crippen LogP contribution is 2.26. The van der Waals surface area contributed by atoms with E-state index in [-0.39, 0.29) is 16.5 Å². The fraction of sp³-hybridized carbons (Fsp3) is 0.154. The third-order valence-electron chi connectivity index (χ3n) is 3.09. The molecule has 1 N–H and O–H groups in total. The van der Waals surface area contributed by atoms with Crippen molar-refractivity contribution in [2.24, 2.45) is 0 Å². The number of amides is 1. The molecule has 0 unspecified atom stereocenters. The Morgan fingerprint density at radius 2 is 1.84 bits per heavy atom. The molecule has 5 nitrogen and oxygen atoms in total. The predicted molar refractivity (Wildman–Crippen MR) is 69.1 cm³/mol. The molecule has 1 aromatic heterocycles. The number of carboxylic acid groups (broad SMARTS) is 1. The van der Waals surface area contributed by atoms with Crippen molar-refractivity contribution in [2.45, 2.75) is 13.1 Å². The Balaban J connectivity index is 1.87. The van der Waals surface area contributed by atoms with Gasteiger partial charge in [-0.1, -0.05) is 24.3 Å². The van der Waals surface area contributed by atoms with Gasteiger partial charge in [-0.25, -0.2) is 9.78 Å². The zero-order valence-electron chi connectivity index (χ0n) is 9.87. The van der Waals surface area contributed by atoms with Crippen LogP contribution in [0.4, 0.5) is 0 Å². The van der Waals surface area contributed by atoms with Gasteiger partial charge in [-0.2, -0.15) is 0 Å². The maximum atomic E-state index is 12.3. The number of aromatic carboxylic acids is 1. The highest BCUT2D eigenvalue weighted by atomic mass is 32.1. The number of aromatic nitrogens is 1. The van der Waals surface area contributed by atoms with E-state index in [1.165, 1.54) is 5.51 Å². The van der Waals surface area contributed by atoms with Gasteiger partial charge in [0.25, 0.3) is 5.91 Å². The first-order chi connectivity index (χ1) is 9.16. The summed E-state index contributed by atoms with van der Waals surface area (Å²) in [5.74, 6) is -1.43. The molecule has 0 fully saturated rings. The molecule has 1 aromatic carbocycles. The van der Waals surface area contributed by atoms with Gasteiger partial charge in [-0.15, -0.1) is 11.3 Å². The normalized spacial score (nSPS) is 13.4. The number of hydrogen-bond acceptors (Lipinski definition) is 4. The van der Waals surface area contributed by atoms with Crippen molar-refractivity contribution in [3.05, 3.63) is 51.5 Å². The Hall–Kier alpha value is -2.21. The van der Waals surface area contributed by atoms with Gasteiger partial charge in [0.05, 0.1) is 5.51 Å². The number of carbonyl (C=O) groups is 2. The number of carbonyl (C=O) groups excluding carboxylic acids is 1. The monoisotopic (exact) mass is 274 g/mol. The SMILES string of the molecule is O=C(O)c1ncsc1C(=O)N1Cc2ccccc2C1. The third kappa shape index (κ3) is 2.00. The van der Waals surface area contributed by atoms with Gasteiger partial charge >= 0.3 is 5.97 Å². The van der Waals surface area contributed by atoms with Crippen LogP contribution >= 0.6 is 11.3 Å². The minimum atomic E-state index is -1.17. The molecule has 2 heterocycles. The fourth-order valence-electron chi connectivity index (χ4n) is 2.17. The van der Waals surface area contributed by atoms with Crippen molar-refractivity contribution in [3.63, 3.8) is 0 Å². The average Bonchev–Trinajstić information content (AvgIpc) is 3.04. The van der Waals surface area contributed by atoms with E-state index in [2.05, 4.69) is 4.98 Å². The number of rotatable bonds is 2. The van der Waals surface area contributed by atoms with Crippen molar-refractivity contribution < 1.29 is 14.7 Å². The molecule has 0 radical (unpaired) electrons. The quantitative estimate of drug-likeness (QED) is 0.909. The zero-order valence-corrected chi connectivity index (χ0v) is 10.7. The lowest BCUT2D eigenvalue weighted by Gasteiger charge is -2.14. The summed E-state index contributed by atoms with van der Waals surface area (Å²) in [6.45, 7) is 1.04. The Morgan fingerprint density at radius 3 is 2.42 bits per heavy atom. The first-order valence-corrected chi connectivity index (χ1v) is 6.57. The standard InChI is InChI=1S/C13H10N2O3S/c16-12(11-10(13(17)18)14-7-19-11)15-5-8-3-1-2-4-9(8)6-15/h1-4,7H,5-6H2,(H,17,18). The molecule has 1 aliphatic heterocycles. The predicted octanol–water partition coefficient (Wildman–Crippen LogP) is 2.00. The summed E-state index contributed by atoms with van der Waals surface area (Å²) in [5.41, 5.74) is 3.44. The van der Waals surface area contributed by atoms with Crippen LogP contribution in [0, 0.1) is 0 Å². The van der Waals surface area contributed by atoms with Crippen LogP contribution in [0.2, 0.25) is 0 Å². The van der Waals surface area contributed by atoms with Crippen LogP contribution in [-0.4, -0.2) is 26.9 Å². The highest BCUT2D eigenvalue weighted by molar-refractivity contribution is 7.12. The van der Waals surface area contributed by atoms with E-state index in [9.17, 15) is 9.59 Å². The molecule has 0 saturated carbocycles. The van der Waals surface area contributed by atoms with Crippen LogP contribution < -0.4 is 0 Å². The number of thiazole rings is 1. The van der Waals surface area contributed by atoms with E-state index in [1.807, 2.05) is 24.3 Å². The lowest BCUT2D eigenvalue weighted by molar-refractivity contribution is 0.0671. The summed E-state index contributed by atoms with van der Waals surface area (Å²) in [6.07, 6.45) is 0. The fourth-order valence-corrected chi connectivity index (χ4v) is 2.92. The molecule has 96 valence electrons. The Labute approximate surface area is 113 Å². The summed E-state index contributed by atoms with van der Waals surface area (Å²) < 4.78 is 0. The zero-order chi connectivity index (χ0) is 13.4. The first kappa shape index (κ1) is 11.9. The summed E-state index contributed by atoms with van der Waals surface area (Å²) >= 11 is 1.07. The second kappa shape index (κ2) is 4.47. The van der Waals surface area contributed by atoms with Crippen molar-refractivity contribution in [1.29, 1.82) is 0 Å².